The molecular weight excluding hydrogens is 240 g/mol. The summed E-state index contributed by atoms with van der Waals surface area (Å²) in [6.07, 6.45) is -0.226. The first kappa shape index (κ1) is 12.6. The Labute approximate surface area is 105 Å². The van der Waals surface area contributed by atoms with Crippen molar-refractivity contribution >= 4 is 17.4 Å². The molecule has 0 bridgehead atoms. The summed E-state index contributed by atoms with van der Waals surface area (Å²) in [7, 11) is 0. The monoisotopic (exact) mass is 254 g/mol. The van der Waals surface area contributed by atoms with Crippen LogP contribution in [0.5, 0.6) is 0 Å². The van der Waals surface area contributed by atoms with E-state index in [1.807, 2.05) is 6.07 Å². The van der Waals surface area contributed by atoms with Crippen LogP contribution in [0.2, 0.25) is 0 Å². The summed E-state index contributed by atoms with van der Waals surface area (Å²) in [5, 5.41) is 19.6. The molecule has 4 heteroatoms. The van der Waals surface area contributed by atoms with Gasteiger partial charge in [0, 0.05) is 17.9 Å². The molecular formula is C13H15ClO3. The van der Waals surface area contributed by atoms with Gasteiger partial charge in [0.15, 0.2) is 5.78 Å². The van der Waals surface area contributed by atoms with Crippen molar-refractivity contribution in [1.29, 1.82) is 0 Å². The van der Waals surface area contributed by atoms with Gasteiger partial charge < -0.3 is 10.2 Å². The molecule has 92 valence electrons. The van der Waals surface area contributed by atoms with Gasteiger partial charge in [-0.3, -0.25) is 4.79 Å². The van der Waals surface area contributed by atoms with Crippen molar-refractivity contribution in [2.24, 2.45) is 0 Å². The van der Waals surface area contributed by atoms with Crippen LogP contribution >= 0.6 is 11.6 Å². The van der Waals surface area contributed by atoms with Crippen LogP contribution in [0.15, 0.2) is 18.2 Å². The zero-order valence-corrected chi connectivity index (χ0v) is 10.2. The minimum Gasteiger partial charge on any atom is -0.390 e. The molecule has 2 rings (SSSR count). The number of hydrogen-bond donors (Lipinski definition) is 2. The Balaban J connectivity index is 2.22. The Bertz CT molecular complexity index is 431. The molecule has 0 radical (unpaired) electrons. The van der Waals surface area contributed by atoms with E-state index in [1.165, 1.54) is 0 Å². The number of fused-ring (bicyclic) bond motifs is 1. The Kier molecular flexibility index (Phi) is 3.82. The van der Waals surface area contributed by atoms with E-state index in [4.69, 9.17) is 11.6 Å². The quantitative estimate of drug-likeness (QED) is 0.806. The van der Waals surface area contributed by atoms with Crippen molar-refractivity contribution in [2.75, 3.05) is 5.88 Å². The summed E-state index contributed by atoms with van der Waals surface area (Å²) in [6.45, 7) is 0. The number of aliphatic hydroxyl groups excluding tert-OH is 2. The third-order valence-corrected chi connectivity index (χ3v) is 3.38. The molecule has 2 N–H and O–H groups in total. The Morgan fingerprint density at radius 2 is 2.06 bits per heavy atom. The number of ketones is 1. The van der Waals surface area contributed by atoms with Gasteiger partial charge in [-0.25, -0.2) is 0 Å². The zero-order chi connectivity index (χ0) is 12.4. The Hall–Kier alpha value is -0.900. The van der Waals surface area contributed by atoms with Crippen molar-refractivity contribution in [1.82, 2.24) is 0 Å². The number of alkyl halides is 1. The normalized spacial score (nSPS) is 17.9. The molecule has 2 unspecified atom stereocenters. The second-order valence-corrected chi connectivity index (χ2v) is 4.71. The van der Waals surface area contributed by atoms with E-state index in [9.17, 15) is 15.0 Å². The second-order valence-electron chi connectivity index (χ2n) is 4.33. The van der Waals surface area contributed by atoms with Crippen LogP contribution in [-0.2, 0) is 6.42 Å². The maximum absolute atomic E-state index is 11.6. The van der Waals surface area contributed by atoms with Crippen LogP contribution in [0.1, 0.15) is 40.4 Å². The number of hydrogen-bond acceptors (Lipinski definition) is 3. The van der Waals surface area contributed by atoms with Gasteiger partial charge >= 0.3 is 0 Å². The van der Waals surface area contributed by atoms with Crippen LogP contribution in [-0.4, -0.2) is 28.0 Å². The van der Waals surface area contributed by atoms with Gasteiger partial charge in [-0.15, -0.1) is 11.6 Å². The lowest BCUT2D eigenvalue weighted by Gasteiger charge is -2.17. The summed E-state index contributed by atoms with van der Waals surface area (Å²) in [4.78, 5) is 11.6. The van der Waals surface area contributed by atoms with E-state index in [0.717, 1.165) is 12.0 Å². The number of carbonyl (C=O) groups excluding carboxylic acids is 1. The van der Waals surface area contributed by atoms with E-state index in [1.54, 1.807) is 12.1 Å². The van der Waals surface area contributed by atoms with Crippen molar-refractivity contribution in [3.8, 4) is 0 Å². The summed E-state index contributed by atoms with van der Waals surface area (Å²) < 4.78 is 0. The predicted molar refractivity (Wildman–Crippen MR) is 65.4 cm³/mol. The molecule has 1 aromatic rings. The summed E-state index contributed by atoms with van der Waals surface area (Å²) in [5.41, 5.74) is 2.29. The third kappa shape index (κ3) is 2.51. The first-order valence-electron chi connectivity index (χ1n) is 5.71. The molecule has 1 aliphatic rings. The molecule has 17 heavy (non-hydrogen) atoms. The lowest BCUT2D eigenvalue weighted by Crippen LogP contribution is -2.19. The number of aliphatic hydroxyl groups is 2. The van der Waals surface area contributed by atoms with E-state index in [-0.39, 0.29) is 5.78 Å². The molecule has 0 fully saturated rings. The van der Waals surface area contributed by atoms with Crippen LogP contribution < -0.4 is 0 Å². The van der Waals surface area contributed by atoms with Crippen molar-refractivity contribution in [2.45, 2.75) is 31.5 Å². The highest BCUT2D eigenvalue weighted by molar-refractivity contribution is 6.17. The molecule has 0 aromatic heterocycles. The molecule has 0 saturated heterocycles. The van der Waals surface area contributed by atoms with Crippen LogP contribution in [0.4, 0.5) is 0 Å². The highest BCUT2D eigenvalue weighted by atomic mass is 35.5. The third-order valence-electron chi connectivity index (χ3n) is 3.17. The average Bonchev–Trinajstić information content (AvgIpc) is 2.70. The zero-order valence-electron chi connectivity index (χ0n) is 9.40. The van der Waals surface area contributed by atoms with Gasteiger partial charge in [0.25, 0.3) is 0 Å². The van der Waals surface area contributed by atoms with E-state index < -0.39 is 12.2 Å². The minimum atomic E-state index is -0.979. The van der Waals surface area contributed by atoms with Gasteiger partial charge in [0.1, 0.15) is 6.10 Å². The van der Waals surface area contributed by atoms with Gasteiger partial charge in [-0.05, 0) is 30.0 Å². The molecule has 1 aliphatic carbocycles. The molecule has 2 atom stereocenters. The minimum absolute atomic E-state index is 0.112. The van der Waals surface area contributed by atoms with Crippen LogP contribution in [0.25, 0.3) is 0 Å². The standard InChI is InChI=1S/C13H15ClO3/c14-6-5-12(16)13(17)9-2-1-8-3-4-11(15)10(8)7-9/h1-2,7,12-13,16-17H,3-6H2. The topological polar surface area (TPSA) is 57.5 Å². The smallest absolute Gasteiger partial charge is 0.163 e. The molecule has 0 amide bonds. The van der Waals surface area contributed by atoms with Gasteiger partial charge in [0.2, 0.25) is 0 Å². The Morgan fingerprint density at radius 1 is 1.29 bits per heavy atom. The molecule has 3 nitrogen and oxygen atoms in total. The largest absolute Gasteiger partial charge is 0.390 e. The molecule has 0 spiro atoms. The maximum atomic E-state index is 11.6. The number of halogens is 1. The van der Waals surface area contributed by atoms with Gasteiger partial charge in [0.05, 0.1) is 6.10 Å². The predicted octanol–water partition coefficient (Wildman–Crippen LogP) is 1.84. The Morgan fingerprint density at radius 3 is 2.76 bits per heavy atom. The molecule has 0 saturated carbocycles. The summed E-state index contributed by atoms with van der Waals surface area (Å²) in [6, 6.07) is 5.30. The average molecular weight is 255 g/mol. The van der Waals surface area contributed by atoms with Gasteiger partial charge in [-0.1, -0.05) is 12.1 Å². The summed E-state index contributed by atoms with van der Waals surface area (Å²) >= 11 is 5.52. The van der Waals surface area contributed by atoms with Crippen LogP contribution in [0.3, 0.4) is 0 Å². The SMILES string of the molecule is O=C1CCc2ccc(C(O)C(O)CCCl)cc21. The van der Waals surface area contributed by atoms with E-state index >= 15 is 0 Å². The van der Waals surface area contributed by atoms with Crippen molar-refractivity contribution in [3.05, 3.63) is 34.9 Å². The fourth-order valence-corrected chi connectivity index (χ4v) is 2.35. The number of rotatable bonds is 4. The van der Waals surface area contributed by atoms with Crippen molar-refractivity contribution < 1.29 is 15.0 Å². The lowest BCUT2D eigenvalue weighted by atomic mass is 9.98. The number of carbonyl (C=O) groups is 1. The number of benzene rings is 1. The van der Waals surface area contributed by atoms with Crippen LogP contribution in [0, 0.1) is 0 Å². The van der Waals surface area contributed by atoms with Gasteiger partial charge in [-0.2, -0.15) is 0 Å². The second kappa shape index (κ2) is 5.17. The van der Waals surface area contributed by atoms with E-state index in [0.29, 0.717) is 29.8 Å². The number of aryl methyl sites for hydroxylation is 1. The van der Waals surface area contributed by atoms with Crippen molar-refractivity contribution in [3.63, 3.8) is 0 Å². The molecule has 1 aromatic carbocycles. The highest BCUT2D eigenvalue weighted by Gasteiger charge is 2.23. The maximum Gasteiger partial charge on any atom is 0.163 e. The molecule has 0 aliphatic heterocycles. The number of Topliss-reactive ketones (excluding diaryl/α,β-unsaturated/α-hetero) is 1. The summed E-state index contributed by atoms with van der Waals surface area (Å²) in [5.74, 6) is 0.406. The first-order valence-corrected chi connectivity index (χ1v) is 6.25. The fraction of sp³-hybridized carbons (Fsp3) is 0.462. The fourth-order valence-electron chi connectivity index (χ4n) is 2.13. The van der Waals surface area contributed by atoms with E-state index in [2.05, 4.69) is 0 Å². The lowest BCUT2D eigenvalue weighted by molar-refractivity contribution is 0.0169. The highest BCUT2D eigenvalue weighted by Crippen LogP contribution is 2.27. The first-order chi connectivity index (χ1) is 8.13. The molecule has 0 heterocycles.